The molecule has 1 amide bonds. The van der Waals surface area contributed by atoms with Crippen LogP contribution in [0.1, 0.15) is 10.4 Å². The largest absolute Gasteiger partial charge is 0.321 e. The molecule has 2 aromatic carbocycles. The Morgan fingerprint density at radius 2 is 1.89 bits per heavy atom. The summed E-state index contributed by atoms with van der Waals surface area (Å²) >= 11 is 1.46. The van der Waals surface area contributed by atoms with Crippen molar-refractivity contribution in [1.82, 2.24) is 0 Å². The Labute approximate surface area is 113 Å². The van der Waals surface area contributed by atoms with E-state index in [1.807, 2.05) is 18.4 Å². The van der Waals surface area contributed by atoms with Gasteiger partial charge in [0.25, 0.3) is 5.91 Å². The van der Waals surface area contributed by atoms with E-state index in [9.17, 15) is 13.6 Å². The predicted molar refractivity (Wildman–Crippen MR) is 72.5 cm³/mol. The molecule has 0 bridgehead atoms. The van der Waals surface area contributed by atoms with Gasteiger partial charge in [-0.1, -0.05) is 12.1 Å². The number of para-hydroxylation sites is 1. The Morgan fingerprint density at radius 1 is 1.16 bits per heavy atom. The minimum Gasteiger partial charge on any atom is -0.321 e. The maximum atomic E-state index is 13.5. The van der Waals surface area contributed by atoms with Crippen LogP contribution in [0.25, 0.3) is 0 Å². The molecule has 19 heavy (non-hydrogen) atoms. The van der Waals surface area contributed by atoms with Gasteiger partial charge in [0.05, 0.1) is 11.3 Å². The molecule has 0 aliphatic carbocycles. The van der Waals surface area contributed by atoms with Crippen molar-refractivity contribution in [1.29, 1.82) is 0 Å². The van der Waals surface area contributed by atoms with Gasteiger partial charge in [0, 0.05) is 4.90 Å². The predicted octanol–water partition coefficient (Wildman–Crippen LogP) is 3.94. The summed E-state index contributed by atoms with van der Waals surface area (Å²) in [5.74, 6) is -2.07. The minimum absolute atomic E-state index is 0.309. The number of thioether (sulfide) groups is 1. The first-order chi connectivity index (χ1) is 9.11. The molecule has 0 heterocycles. The smallest absolute Gasteiger partial charge is 0.258 e. The molecule has 0 radical (unpaired) electrons. The summed E-state index contributed by atoms with van der Waals surface area (Å²) < 4.78 is 26.5. The van der Waals surface area contributed by atoms with Gasteiger partial charge in [0.2, 0.25) is 0 Å². The van der Waals surface area contributed by atoms with Crippen molar-refractivity contribution >= 4 is 23.4 Å². The summed E-state index contributed by atoms with van der Waals surface area (Å²) in [5.41, 5.74) is 0.263. The first-order valence-electron chi connectivity index (χ1n) is 5.51. The fourth-order valence-electron chi connectivity index (χ4n) is 1.61. The van der Waals surface area contributed by atoms with Gasteiger partial charge in [0.15, 0.2) is 0 Å². The van der Waals surface area contributed by atoms with Crippen LogP contribution in [0.15, 0.2) is 47.4 Å². The Balaban J connectivity index is 2.28. The van der Waals surface area contributed by atoms with Crippen molar-refractivity contribution in [3.8, 4) is 0 Å². The Morgan fingerprint density at radius 3 is 2.63 bits per heavy atom. The third-order valence-electron chi connectivity index (χ3n) is 2.53. The molecule has 2 nitrogen and oxygen atoms in total. The highest BCUT2D eigenvalue weighted by Gasteiger charge is 2.14. The van der Waals surface area contributed by atoms with Crippen LogP contribution in [0, 0.1) is 11.6 Å². The first-order valence-corrected chi connectivity index (χ1v) is 6.73. The topological polar surface area (TPSA) is 29.1 Å². The lowest BCUT2D eigenvalue weighted by Crippen LogP contribution is -2.14. The van der Waals surface area contributed by atoms with Crippen LogP contribution in [-0.2, 0) is 0 Å². The number of hydrogen-bond donors (Lipinski definition) is 1. The second-order valence-electron chi connectivity index (χ2n) is 3.78. The SMILES string of the molecule is CSc1ccccc1NC(=O)c1cc(F)ccc1F. The van der Waals surface area contributed by atoms with Crippen molar-refractivity contribution in [3.63, 3.8) is 0 Å². The Hall–Kier alpha value is -1.88. The average Bonchev–Trinajstić information content (AvgIpc) is 2.42. The highest BCUT2D eigenvalue weighted by Crippen LogP contribution is 2.25. The zero-order chi connectivity index (χ0) is 13.8. The quantitative estimate of drug-likeness (QED) is 0.862. The summed E-state index contributed by atoms with van der Waals surface area (Å²) in [6.07, 6.45) is 1.87. The van der Waals surface area contributed by atoms with Crippen molar-refractivity contribution in [3.05, 3.63) is 59.7 Å². The molecule has 0 aliphatic heterocycles. The molecule has 0 fully saturated rings. The highest BCUT2D eigenvalue weighted by molar-refractivity contribution is 7.98. The van der Waals surface area contributed by atoms with Crippen LogP contribution in [0.5, 0.6) is 0 Å². The Kier molecular flexibility index (Phi) is 4.16. The van der Waals surface area contributed by atoms with E-state index >= 15 is 0 Å². The molecule has 0 unspecified atom stereocenters. The molecule has 0 spiro atoms. The Bertz CT molecular complexity index is 616. The van der Waals surface area contributed by atoms with Gasteiger partial charge in [-0.05, 0) is 36.6 Å². The number of carbonyl (C=O) groups excluding carboxylic acids is 1. The third kappa shape index (κ3) is 3.12. The molecule has 0 aliphatic rings. The van der Waals surface area contributed by atoms with Crippen LogP contribution in [0.4, 0.5) is 14.5 Å². The summed E-state index contributed by atoms with van der Waals surface area (Å²) in [7, 11) is 0. The van der Waals surface area contributed by atoms with Gasteiger partial charge in [-0.3, -0.25) is 4.79 Å². The number of carbonyl (C=O) groups is 1. The number of nitrogens with one attached hydrogen (secondary N) is 1. The van der Waals surface area contributed by atoms with Crippen molar-refractivity contribution in [2.24, 2.45) is 0 Å². The van der Waals surface area contributed by atoms with Crippen LogP contribution in [-0.4, -0.2) is 12.2 Å². The summed E-state index contributed by atoms with van der Waals surface area (Å²) in [6.45, 7) is 0. The molecule has 0 saturated carbocycles. The van der Waals surface area contributed by atoms with Gasteiger partial charge in [-0.2, -0.15) is 0 Å². The van der Waals surface area contributed by atoms with Gasteiger partial charge in [0.1, 0.15) is 11.6 Å². The molecule has 1 N–H and O–H groups in total. The zero-order valence-corrected chi connectivity index (χ0v) is 10.9. The summed E-state index contributed by atoms with van der Waals surface area (Å²) in [5, 5.41) is 2.58. The van der Waals surface area contributed by atoms with Gasteiger partial charge >= 0.3 is 0 Å². The number of benzene rings is 2. The number of hydrogen-bond acceptors (Lipinski definition) is 2. The highest BCUT2D eigenvalue weighted by atomic mass is 32.2. The standard InChI is InChI=1S/C14H11F2NOS/c1-19-13-5-3-2-4-12(13)17-14(18)10-8-9(15)6-7-11(10)16/h2-8H,1H3,(H,17,18). The molecule has 0 saturated heterocycles. The normalized spacial score (nSPS) is 10.3. The number of amides is 1. The third-order valence-corrected chi connectivity index (χ3v) is 3.32. The molecule has 98 valence electrons. The molecule has 0 atom stereocenters. The van der Waals surface area contributed by atoms with E-state index in [2.05, 4.69) is 5.32 Å². The molecule has 2 rings (SSSR count). The van der Waals surface area contributed by atoms with E-state index < -0.39 is 17.5 Å². The molecular weight excluding hydrogens is 268 g/mol. The second kappa shape index (κ2) is 5.84. The summed E-state index contributed by atoms with van der Waals surface area (Å²) in [6, 6.07) is 9.93. The zero-order valence-electron chi connectivity index (χ0n) is 10.1. The van der Waals surface area contributed by atoms with Crippen molar-refractivity contribution in [2.45, 2.75) is 4.90 Å². The van der Waals surface area contributed by atoms with Crippen LogP contribution < -0.4 is 5.32 Å². The van der Waals surface area contributed by atoms with E-state index in [0.29, 0.717) is 5.69 Å². The fraction of sp³-hybridized carbons (Fsp3) is 0.0714. The maximum Gasteiger partial charge on any atom is 0.258 e. The fourth-order valence-corrected chi connectivity index (χ4v) is 2.16. The molecule has 0 aromatic heterocycles. The van der Waals surface area contributed by atoms with Gasteiger partial charge < -0.3 is 5.32 Å². The van der Waals surface area contributed by atoms with E-state index in [1.165, 1.54) is 11.8 Å². The summed E-state index contributed by atoms with van der Waals surface area (Å²) in [4.78, 5) is 12.8. The van der Waals surface area contributed by atoms with Gasteiger partial charge in [-0.25, -0.2) is 8.78 Å². The van der Waals surface area contributed by atoms with Crippen molar-refractivity contribution < 1.29 is 13.6 Å². The second-order valence-corrected chi connectivity index (χ2v) is 4.63. The van der Waals surface area contributed by atoms with E-state index in [-0.39, 0.29) is 5.56 Å². The monoisotopic (exact) mass is 279 g/mol. The first kappa shape index (κ1) is 13.5. The van der Waals surface area contributed by atoms with Crippen molar-refractivity contribution in [2.75, 3.05) is 11.6 Å². The lowest BCUT2D eigenvalue weighted by atomic mass is 10.2. The lowest BCUT2D eigenvalue weighted by Gasteiger charge is -2.09. The number of rotatable bonds is 3. The van der Waals surface area contributed by atoms with Crippen LogP contribution >= 0.6 is 11.8 Å². The molecule has 2 aromatic rings. The number of halogens is 2. The molecular formula is C14H11F2NOS. The van der Waals surface area contributed by atoms with Crippen LogP contribution in [0.2, 0.25) is 0 Å². The minimum atomic E-state index is -0.750. The van der Waals surface area contributed by atoms with Gasteiger partial charge in [-0.15, -0.1) is 11.8 Å². The van der Waals surface area contributed by atoms with Crippen LogP contribution in [0.3, 0.4) is 0 Å². The van der Waals surface area contributed by atoms with E-state index in [0.717, 1.165) is 23.1 Å². The van der Waals surface area contributed by atoms with E-state index in [4.69, 9.17) is 0 Å². The molecule has 5 heteroatoms. The average molecular weight is 279 g/mol. The lowest BCUT2D eigenvalue weighted by molar-refractivity contribution is 0.102. The van der Waals surface area contributed by atoms with E-state index in [1.54, 1.807) is 12.1 Å². The number of anilines is 1. The maximum absolute atomic E-state index is 13.5.